The molecule has 0 bridgehead atoms. The van der Waals surface area contributed by atoms with E-state index in [0.29, 0.717) is 19.5 Å². The molecule has 0 saturated carbocycles. The third-order valence-electron chi connectivity index (χ3n) is 5.14. The van der Waals surface area contributed by atoms with Crippen molar-refractivity contribution in [2.75, 3.05) is 13.1 Å². The molecule has 0 aromatic heterocycles. The molecule has 1 aliphatic heterocycles. The molecule has 29 heavy (non-hydrogen) atoms. The van der Waals surface area contributed by atoms with E-state index in [4.69, 9.17) is 11.6 Å². The second kappa shape index (κ2) is 9.24. The van der Waals surface area contributed by atoms with E-state index >= 15 is 0 Å². The molecule has 1 atom stereocenters. The molecule has 5 nitrogen and oxygen atoms in total. The summed E-state index contributed by atoms with van der Waals surface area (Å²) in [4.78, 5) is 12.6. The number of hydrogen-bond acceptors (Lipinski definition) is 3. The van der Waals surface area contributed by atoms with Gasteiger partial charge in [0.1, 0.15) is 5.82 Å². The van der Waals surface area contributed by atoms with Crippen molar-refractivity contribution < 1.29 is 17.6 Å². The summed E-state index contributed by atoms with van der Waals surface area (Å²) in [5.74, 6) is -0.913. The Hall–Kier alpha value is -1.96. The Labute approximate surface area is 175 Å². The van der Waals surface area contributed by atoms with E-state index in [9.17, 15) is 17.6 Å². The summed E-state index contributed by atoms with van der Waals surface area (Å²) in [7, 11) is -3.58. The van der Waals surface area contributed by atoms with Crippen molar-refractivity contribution in [3.05, 3.63) is 64.4 Å². The van der Waals surface area contributed by atoms with E-state index in [1.165, 1.54) is 12.1 Å². The monoisotopic (exact) mass is 438 g/mol. The van der Waals surface area contributed by atoms with Crippen molar-refractivity contribution in [2.24, 2.45) is 0 Å². The van der Waals surface area contributed by atoms with Crippen LogP contribution in [-0.2, 0) is 10.0 Å². The Morgan fingerprint density at radius 1 is 1.21 bits per heavy atom. The molecule has 156 valence electrons. The molecule has 1 fully saturated rings. The van der Waals surface area contributed by atoms with E-state index < -0.39 is 21.7 Å². The first-order valence-electron chi connectivity index (χ1n) is 9.61. The quantitative estimate of drug-likeness (QED) is 0.736. The summed E-state index contributed by atoms with van der Waals surface area (Å²) < 4.78 is 40.9. The summed E-state index contributed by atoms with van der Waals surface area (Å²) in [6.45, 7) is 2.69. The summed E-state index contributed by atoms with van der Waals surface area (Å²) in [6.07, 6.45) is 3.01. The SMILES string of the molecule is Cc1ccc(S(=O)(=O)N2CCCCC2CCNC(=O)c2ccc(F)cc2Cl)cc1. The van der Waals surface area contributed by atoms with E-state index in [1.54, 1.807) is 28.6 Å². The average molecular weight is 439 g/mol. The van der Waals surface area contributed by atoms with Crippen LogP contribution >= 0.6 is 11.6 Å². The summed E-state index contributed by atoms with van der Waals surface area (Å²) >= 11 is 5.93. The van der Waals surface area contributed by atoms with Crippen molar-refractivity contribution in [3.8, 4) is 0 Å². The molecule has 0 radical (unpaired) electrons. The van der Waals surface area contributed by atoms with Crippen molar-refractivity contribution in [2.45, 2.75) is 43.5 Å². The first-order valence-corrected chi connectivity index (χ1v) is 11.4. The number of nitrogens with one attached hydrogen (secondary N) is 1. The van der Waals surface area contributed by atoms with Crippen LogP contribution < -0.4 is 5.32 Å². The van der Waals surface area contributed by atoms with Crippen molar-refractivity contribution >= 4 is 27.5 Å². The largest absolute Gasteiger partial charge is 0.352 e. The number of hydrogen-bond donors (Lipinski definition) is 1. The van der Waals surface area contributed by atoms with Crippen molar-refractivity contribution in [1.29, 1.82) is 0 Å². The minimum absolute atomic E-state index is 0.0451. The van der Waals surface area contributed by atoms with Crippen molar-refractivity contribution in [1.82, 2.24) is 9.62 Å². The number of carbonyl (C=O) groups excluding carboxylic acids is 1. The summed E-state index contributed by atoms with van der Waals surface area (Å²) in [6, 6.07) is 10.3. The Balaban J connectivity index is 1.65. The Morgan fingerprint density at radius 2 is 1.93 bits per heavy atom. The molecule has 2 aromatic carbocycles. The van der Waals surface area contributed by atoms with Gasteiger partial charge in [0.15, 0.2) is 0 Å². The van der Waals surface area contributed by atoms with E-state index in [0.717, 1.165) is 30.9 Å². The van der Waals surface area contributed by atoms with Crippen LogP contribution in [0.5, 0.6) is 0 Å². The lowest BCUT2D eigenvalue weighted by Gasteiger charge is -2.34. The molecule has 1 saturated heterocycles. The molecule has 2 aromatic rings. The van der Waals surface area contributed by atoms with E-state index in [1.807, 2.05) is 6.92 Å². The number of aryl methyl sites for hydroxylation is 1. The molecule has 1 N–H and O–H groups in total. The van der Waals surface area contributed by atoms with E-state index in [-0.39, 0.29) is 21.5 Å². The van der Waals surface area contributed by atoms with Gasteiger partial charge in [-0.3, -0.25) is 4.79 Å². The molecule has 1 heterocycles. The zero-order chi connectivity index (χ0) is 21.0. The predicted octanol–water partition coefficient (Wildman–Crippen LogP) is 4.15. The molecule has 1 unspecified atom stereocenters. The second-order valence-corrected chi connectivity index (χ2v) is 9.54. The number of piperidine rings is 1. The molecular formula is C21H24ClFN2O3S. The van der Waals surface area contributed by atoms with Crippen LogP contribution in [0.2, 0.25) is 5.02 Å². The van der Waals surface area contributed by atoms with Gasteiger partial charge in [-0.15, -0.1) is 0 Å². The lowest BCUT2D eigenvalue weighted by Crippen LogP contribution is -2.45. The summed E-state index contributed by atoms with van der Waals surface area (Å²) in [5, 5.41) is 2.80. The Kier molecular flexibility index (Phi) is 6.93. The maximum atomic E-state index is 13.1. The highest BCUT2D eigenvalue weighted by Crippen LogP contribution is 2.27. The van der Waals surface area contributed by atoms with Gasteiger partial charge in [-0.05, 0) is 56.5 Å². The topological polar surface area (TPSA) is 66.5 Å². The van der Waals surface area contributed by atoms with Gasteiger partial charge in [0, 0.05) is 19.1 Å². The van der Waals surface area contributed by atoms with Crippen LogP contribution in [0.25, 0.3) is 0 Å². The first-order chi connectivity index (χ1) is 13.8. The van der Waals surface area contributed by atoms with E-state index in [2.05, 4.69) is 5.32 Å². The number of sulfonamides is 1. The van der Waals surface area contributed by atoms with Gasteiger partial charge >= 0.3 is 0 Å². The average Bonchev–Trinajstić information content (AvgIpc) is 2.68. The fourth-order valence-corrected chi connectivity index (χ4v) is 5.52. The Morgan fingerprint density at radius 3 is 2.62 bits per heavy atom. The third-order valence-corrected chi connectivity index (χ3v) is 7.42. The normalized spacial score (nSPS) is 17.8. The lowest BCUT2D eigenvalue weighted by molar-refractivity contribution is 0.0949. The predicted molar refractivity (Wildman–Crippen MR) is 111 cm³/mol. The molecule has 0 spiro atoms. The molecule has 1 aliphatic rings. The maximum Gasteiger partial charge on any atom is 0.252 e. The summed E-state index contributed by atoms with van der Waals surface area (Å²) in [5.41, 5.74) is 1.20. The molecule has 8 heteroatoms. The van der Waals surface area contributed by atoms with Crippen LogP contribution in [0, 0.1) is 12.7 Å². The third kappa shape index (κ3) is 5.15. The van der Waals surface area contributed by atoms with Gasteiger partial charge in [-0.2, -0.15) is 4.31 Å². The van der Waals surface area contributed by atoms with Crippen LogP contribution in [-0.4, -0.2) is 37.8 Å². The molecule has 1 amide bonds. The maximum absolute atomic E-state index is 13.1. The van der Waals surface area contributed by atoms with Gasteiger partial charge < -0.3 is 5.32 Å². The zero-order valence-corrected chi connectivity index (χ0v) is 17.8. The lowest BCUT2D eigenvalue weighted by atomic mass is 10.0. The van der Waals surface area contributed by atoms with Gasteiger partial charge in [0.25, 0.3) is 5.91 Å². The fourth-order valence-electron chi connectivity index (χ4n) is 3.55. The van der Waals surface area contributed by atoms with Crippen LogP contribution in [0.4, 0.5) is 4.39 Å². The smallest absolute Gasteiger partial charge is 0.252 e. The highest BCUT2D eigenvalue weighted by Gasteiger charge is 2.33. The standard InChI is InChI=1S/C21H24ClFN2O3S/c1-15-5-8-18(9-6-15)29(27,28)25-13-3-2-4-17(25)11-12-24-21(26)19-10-7-16(23)14-20(19)22/h5-10,14,17H,2-4,11-13H2,1H3,(H,24,26). The molecular weight excluding hydrogens is 415 g/mol. The fraction of sp³-hybridized carbons (Fsp3) is 0.381. The van der Waals surface area contributed by atoms with Gasteiger partial charge in [0.2, 0.25) is 10.0 Å². The van der Waals surface area contributed by atoms with Crippen LogP contribution in [0.3, 0.4) is 0 Å². The van der Waals surface area contributed by atoms with Gasteiger partial charge in [0.05, 0.1) is 15.5 Å². The molecule has 3 rings (SSSR count). The Bertz CT molecular complexity index is 980. The number of amides is 1. The number of carbonyl (C=O) groups is 1. The van der Waals surface area contributed by atoms with Gasteiger partial charge in [-0.25, -0.2) is 12.8 Å². The van der Waals surface area contributed by atoms with Crippen molar-refractivity contribution in [3.63, 3.8) is 0 Å². The highest BCUT2D eigenvalue weighted by atomic mass is 35.5. The number of benzene rings is 2. The number of rotatable bonds is 6. The minimum atomic E-state index is -3.58. The van der Waals surface area contributed by atoms with Crippen LogP contribution in [0.15, 0.2) is 47.4 Å². The minimum Gasteiger partial charge on any atom is -0.352 e. The number of nitrogens with zero attached hydrogens (tertiary/aromatic N) is 1. The zero-order valence-electron chi connectivity index (χ0n) is 16.2. The highest BCUT2D eigenvalue weighted by molar-refractivity contribution is 7.89. The van der Waals surface area contributed by atoms with Gasteiger partial charge in [-0.1, -0.05) is 35.7 Å². The second-order valence-electron chi connectivity index (χ2n) is 7.25. The molecule has 0 aliphatic carbocycles. The number of halogens is 2. The van der Waals surface area contributed by atoms with Crippen LogP contribution in [0.1, 0.15) is 41.6 Å². The first kappa shape index (κ1) is 21.7.